The fourth-order valence-electron chi connectivity index (χ4n) is 5.36. The van der Waals surface area contributed by atoms with Crippen molar-refractivity contribution in [3.63, 3.8) is 0 Å². The first-order chi connectivity index (χ1) is 17.3. The van der Waals surface area contributed by atoms with Crippen LogP contribution in [0.3, 0.4) is 0 Å². The van der Waals surface area contributed by atoms with E-state index in [1.807, 2.05) is 6.92 Å². The van der Waals surface area contributed by atoms with E-state index >= 15 is 8.78 Å². The molecule has 36 heavy (non-hydrogen) atoms. The highest BCUT2D eigenvalue weighted by Gasteiger charge is 2.29. The van der Waals surface area contributed by atoms with Crippen LogP contribution in [0.5, 0.6) is 0 Å². The van der Waals surface area contributed by atoms with Gasteiger partial charge in [0.15, 0.2) is 5.82 Å². The number of carbonyl (C=O) groups is 1. The van der Waals surface area contributed by atoms with Gasteiger partial charge in [0.25, 0.3) is 5.91 Å². The van der Waals surface area contributed by atoms with Crippen molar-refractivity contribution in [1.29, 1.82) is 0 Å². The number of hydrogen-bond donors (Lipinski definition) is 2. The monoisotopic (exact) mass is 493 g/mol. The van der Waals surface area contributed by atoms with Gasteiger partial charge >= 0.3 is 0 Å². The third kappa shape index (κ3) is 3.99. The molecule has 1 saturated carbocycles. The average Bonchev–Trinajstić information content (AvgIpc) is 3.47. The second-order valence-electron chi connectivity index (χ2n) is 10.1. The molecular weight excluding hydrogens is 464 g/mol. The maximum absolute atomic E-state index is 15.5. The summed E-state index contributed by atoms with van der Waals surface area (Å²) in [6.07, 6.45) is 9.44. The van der Waals surface area contributed by atoms with Gasteiger partial charge in [0.1, 0.15) is 22.4 Å². The van der Waals surface area contributed by atoms with Crippen LogP contribution in [-0.4, -0.2) is 50.2 Å². The summed E-state index contributed by atoms with van der Waals surface area (Å²) in [4.78, 5) is 19.7. The van der Waals surface area contributed by atoms with E-state index in [0.717, 1.165) is 37.3 Å². The summed E-state index contributed by atoms with van der Waals surface area (Å²) < 4.78 is 33.8. The maximum Gasteiger partial charge on any atom is 0.261 e. The van der Waals surface area contributed by atoms with E-state index in [0.29, 0.717) is 23.2 Å². The summed E-state index contributed by atoms with van der Waals surface area (Å²) in [5.41, 5.74) is 2.27. The topological polar surface area (TPSA) is 79.5 Å². The Kier molecular flexibility index (Phi) is 5.44. The van der Waals surface area contributed by atoms with E-state index in [9.17, 15) is 4.79 Å². The van der Waals surface area contributed by atoms with Crippen LogP contribution in [0.4, 0.5) is 20.2 Å². The van der Waals surface area contributed by atoms with Crippen LogP contribution in [0.15, 0.2) is 24.7 Å². The summed E-state index contributed by atoms with van der Waals surface area (Å²) in [5, 5.41) is 11.4. The molecule has 0 spiro atoms. The number of aromatic nitrogens is 4. The van der Waals surface area contributed by atoms with E-state index in [-0.39, 0.29) is 22.3 Å². The summed E-state index contributed by atoms with van der Waals surface area (Å²) >= 11 is 0. The maximum atomic E-state index is 15.5. The van der Waals surface area contributed by atoms with Crippen LogP contribution >= 0.6 is 0 Å². The number of benzene rings is 1. The molecule has 0 radical (unpaired) electrons. The lowest BCUT2D eigenvalue weighted by Gasteiger charge is -2.34. The van der Waals surface area contributed by atoms with Crippen molar-refractivity contribution >= 4 is 33.7 Å². The summed E-state index contributed by atoms with van der Waals surface area (Å²) in [6, 6.07) is 2.56. The minimum Gasteiger partial charge on any atom is -0.371 e. The highest BCUT2D eigenvalue weighted by atomic mass is 19.1. The fourth-order valence-corrected chi connectivity index (χ4v) is 5.36. The molecule has 0 atom stereocenters. The molecule has 188 valence electrons. The van der Waals surface area contributed by atoms with Gasteiger partial charge < -0.3 is 19.9 Å². The first kappa shape index (κ1) is 22.9. The number of rotatable bonds is 5. The molecule has 2 N–H and O–H groups in total. The molecule has 1 aromatic carbocycles. The molecule has 2 fully saturated rings. The van der Waals surface area contributed by atoms with Crippen LogP contribution in [-0.2, 0) is 7.05 Å². The third-order valence-corrected chi connectivity index (χ3v) is 7.19. The second-order valence-corrected chi connectivity index (χ2v) is 10.1. The van der Waals surface area contributed by atoms with Gasteiger partial charge in [-0.15, -0.1) is 0 Å². The third-order valence-electron chi connectivity index (χ3n) is 7.19. The number of piperidine rings is 1. The van der Waals surface area contributed by atoms with E-state index in [1.165, 1.54) is 25.1 Å². The molecular formula is C26H29F2N7O. The Balaban J connectivity index is 1.31. The Labute approximate surface area is 207 Å². The van der Waals surface area contributed by atoms with E-state index < -0.39 is 17.5 Å². The molecule has 8 nitrogen and oxygen atoms in total. The normalized spacial score (nSPS) is 16.9. The first-order valence-corrected chi connectivity index (χ1v) is 12.4. The molecule has 1 aliphatic carbocycles. The lowest BCUT2D eigenvalue weighted by molar-refractivity contribution is 0.102. The molecule has 0 bridgehead atoms. The Morgan fingerprint density at radius 3 is 2.50 bits per heavy atom. The molecule has 1 aliphatic heterocycles. The smallest absolute Gasteiger partial charge is 0.261 e. The molecule has 1 saturated heterocycles. The second kappa shape index (κ2) is 8.55. The number of nitrogens with zero attached hydrogens (tertiary/aromatic N) is 5. The first-order valence-electron chi connectivity index (χ1n) is 12.4. The largest absolute Gasteiger partial charge is 0.371 e. The molecule has 10 heteroatoms. The number of halogens is 2. The molecule has 6 rings (SSSR count). The van der Waals surface area contributed by atoms with Crippen molar-refractivity contribution in [1.82, 2.24) is 24.5 Å². The zero-order valence-corrected chi connectivity index (χ0v) is 20.6. The summed E-state index contributed by atoms with van der Waals surface area (Å²) in [5.74, 6) is -2.03. The van der Waals surface area contributed by atoms with Crippen molar-refractivity contribution in [2.45, 2.75) is 51.6 Å². The highest BCUT2D eigenvalue weighted by Crippen LogP contribution is 2.34. The number of nitrogens with one attached hydrogen (secondary N) is 2. The lowest BCUT2D eigenvalue weighted by Crippen LogP contribution is -2.43. The summed E-state index contributed by atoms with van der Waals surface area (Å²) in [6.45, 7) is 5.12. The number of aryl methyl sites for hydroxylation is 3. The number of fused-ring (bicyclic) bond motifs is 2. The van der Waals surface area contributed by atoms with Crippen LogP contribution in [0.1, 0.15) is 47.4 Å². The van der Waals surface area contributed by atoms with Crippen LogP contribution in [0.25, 0.3) is 16.4 Å². The predicted molar refractivity (Wildman–Crippen MR) is 135 cm³/mol. The van der Waals surface area contributed by atoms with E-state index in [2.05, 4.69) is 25.6 Å². The van der Waals surface area contributed by atoms with Gasteiger partial charge in [0, 0.05) is 56.2 Å². The molecule has 4 heterocycles. The zero-order valence-electron chi connectivity index (χ0n) is 20.6. The SMILES string of the molecule is Cc1cn2cc(NC(=O)c3c(F)cc(N4CCC(NC5CC5)CC4)c4cn(C)nc34)c(F)c2c(C)n1. The van der Waals surface area contributed by atoms with Gasteiger partial charge in [-0.1, -0.05) is 0 Å². The molecule has 4 aromatic rings. The van der Waals surface area contributed by atoms with Crippen molar-refractivity contribution in [3.8, 4) is 0 Å². The Hall–Kier alpha value is -3.53. The Bertz CT molecular complexity index is 1500. The van der Waals surface area contributed by atoms with Crippen molar-refractivity contribution < 1.29 is 13.6 Å². The van der Waals surface area contributed by atoms with E-state index in [1.54, 1.807) is 35.4 Å². The Morgan fingerprint density at radius 1 is 1.06 bits per heavy atom. The van der Waals surface area contributed by atoms with Gasteiger partial charge in [0.2, 0.25) is 0 Å². The molecule has 2 aliphatic rings. The molecule has 0 unspecified atom stereocenters. The highest BCUT2D eigenvalue weighted by molar-refractivity contribution is 6.14. The minimum absolute atomic E-state index is 0.0340. The van der Waals surface area contributed by atoms with Gasteiger partial charge in [-0.3, -0.25) is 14.5 Å². The summed E-state index contributed by atoms with van der Waals surface area (Å²) in [7, 11) is 1.74. The van der Waals surface area contributed by atoms with Gasteiger partial charge in [-0.2, -0.15) is 5.10 Å². The van der Waals surface area contributed by atoms with Crippen LogP contribution in [0, 0.1) is 25.5 Å². The number of hydrogen-bond acceptors (Lipinski definition) is 5. The van der Waals surface area contributed by atoms with E-state index in [4.69, 9.17) is 0 Å². The van der Waals surface area contributed by atoms with Gasteiger partial charge in [-0.05, 0) is 45.6 Å². The van der Waals surface area contributed by atoms with Crippen LogP contribution in [0.2, 0.25) is 0 Å². The number of anilines is 2. The van der Waals surface area contributed by atoms with Gasteiger partial charge in [0.05, 0.1) is 22.8 Å². The number of amides is 1. The average molecular weight is 494 g/mol. The molecule has 1 amide bonds. The standard InChI is InChI=1S/C26H29F2N7O/c1-14-11-35-13-20(23(28)25(35)15(2)29-14)31-26(36)22-19(27)10-21(18-12-33(3)32-24(18)22)34-8-6-17(7-9-34)30-16-4-5-16/h10-13,16-17,30H,4-9H2,1-3H3,(H,31,36). The molecule has 3 aromatic heterocycles. The number of carbonyl (C=O) groups excluding carboxylic acids is 1. The predicted octanol–water partition coefficient (Wildman–Crippen LogP) is 4.09. The van der Waals surface area contributed by atoms with Crippen LogP contribution < -0.4 is 15.5 Å². The van der Waals surface area contributed by atoms with Crippen molar-refractivity contribution in [2.24, 2.45) is 7.05 Å². The lowest BCUT2D eigenvalue weighted by atomic mass is 10.0. The quantitative estimate of drug-likeness (QED) is 0.438. The zero-order chi connectivity index (χ0) is 25.1. The van der Waals surface area contributed by atoms with Crippen molar-refractivity contribution in [3.05, 3.63) is 53.2 Å². The fraction of sp³-hybridized carbons (Fsp3) is 0.423. The minimum atomic E-state index is -0.743. The van der Waals surface area contributed by atoms with Gasteiger partial charge in [-0.25, -0.2) is 8.78 Å². The van der Waals surface area contributed by atoms with Crippen molar-refractivity contribution in [2.75, 3.05) is 23.3 Å². The Morgan fingerprint density at radius 2 is 1.78 bits per heavy atom.